The quantitative estimate of drug-likeness (QED) is 0.406. The number of hydrogen-bond donors (Lipinski definition) is 0. The predicted octanol–water partition coefficient (Wildman–Crippen LogP) is 3.96. The van der Waals surface area contributed by atoms with Crippen LogP contribution in [0, 0.1) is 0 Å². The molecular formula is C24H23N3O3S2. The van der Waals surface area contributed by atoms with Crippen molar-refractivity contribution in [1.82, 2.24) is 9.55 Å². The Bertz CT molecular complexity index is 1220. The van der Waals surface area contributed by atoms with Crippen molar-refractivity contribution in [2.75, 3.05) is 29.6 Å². The van der Waals surface area contributed by atoms with Gasteiger partial charge >= 0.3 is 0 Å². The molecule has 0 bridgehead atoms. The molecule has 0 saturated carbocycles. The Morgan fingerprint density at radius 1 is 1.16 bits per heavy atom. The van der Waals surface area contributed by atoms with Crippen molar-refractivity contribution in [2.45, 2.75) is 29.8 Å². The fourth-order valence-corrected chi connectivity index (χ4v) is 6.01. The van der Waals surface area contributed by atoms with Crippen LogP contribution in [-0.2, 0) is 17.6 Å². The monoisotopic (exact) mass is 465 g/mol. The molecule has 32 heavy (non-hydrogen) atoms. The number of thioether (sulfide) groups is 2. The molecule has 0 aliphatic carbocycles. The van der Waals surface area contributed by atoms with Crippen LogP contribution in [0.25, 0.3) is 5.69 Å². The highest BCUT2D eigenvalue weighted by atomic mass is 32.2. The van der Waals surface area contributed by atoms with Crippen LogP contribution in [-0.4, -0.2) is 40.1 Å². The molecule has 5 rings (SSSR count). The van der Waals surface area contributed by atoms with E-state index in [-0.39, 0.29) is 17.2 Å². The van der Waals surface area contributed by atoms with Crippen LogP contribution in [0.5, 0.6) is 5.75 Å². The summed E-state index contributed by atoms with van der Waals surface area (Å²) in [5.74, 6) is 1.87. The van der Waals surface area contributed by atoms with Gasteiger partial charge in [0.2, 0.25) is 5.91 Å². The lowest BCUT2D eigenvalue weighted by Gasteiger charge is -2.18. The average Bonchev–Trinajstić information content (AvgIpc) is 3.46. The number of aromatic nitrogens is 2. The van der Waals surface area contributed by atoms with E-state index in [1.165, 1.54) is 17.3 Å². The summed E-state index contributed by atoms with van der Waals surface area (Å²) in [7, 11) is 0. The zero-order valence-electron chi connectivity index (χ0n) is 17.7. The number of amides is 1. The summed E-state index contributed by atoms with van der Waals surface area (Å²) in [4.78, 5) is 33.7. The fourth-order valence-electron chi connectivity index (χ4n) is 4.08. The average molecular weight is 466 g/mol. The highest BCUT2D eigenvalue weighted by Crippen LogP contribution is 2.32. The second kappa shape index (κ2) is 9.03. The fraction of sp³-hybridized carbons (Fsp3) is 0.292. The summed E-state index contributed by atoms with van der Waals surface area (Å²) in [6.07, 6.45) is 1.65. The topological polar surface area (TPSA) is 64.4 Å². The lowest BCUT2D eigenvalue weighted by Crippen LogP contribution is -2.31. The van der Waals surface area contributed by atoms with Gasteiger partial charge in [0.15, 0.2) is 5.16 Å². The molecule has 2 aromatic carbocycles. The van der Waals surface area contributed by atoms with Gasteiger partial charge in [-0.2, -0.15) is 0 Å². The zero-order valence-corrected chi connectivity index (χ0v) is 19.4. The molecule has 0 spiro atoms. The third-order valence-corrected chi connectivity index (χ3v) is 7.62. The molecule has 0 fully saturated rings. The van der Waals surface area contributed by atoms with Crippen molar-refractivity contribution in [3.8, 4) is 11.4 Å². The minimum Gasteiger partial charge on any atom is -0.494 e. The number of anilines is 1. The van der Waals surface area contributed by atoms with Crippen LogP contribution in [0.1, 0.15) is 18.2 Å². The van der Waals surface area contributed by atoms with Gasteiger partial charge in [-0.1, -0.05) is 30.0 Å². The highest BCUT2D eigenvalue weighted by Gasteiger charge is 2.26. The number of ether oxygens (including phenoxy) is 1. The Hall–Kier alpha value is -2.71. The number of carbonyl (C=O) groups excluding carboxylic acids is 1. The Kier molecular flexibility index (Phi) is 5.97. The number of aryl methyl sites for hydroxylation is 1. The summed E-state index contributed by atoms with van der Waals surface area (Å²) in [6, 6.07) is 15.5. The highest BCUT2D eigenvalue weighted by molar-refractivity contribution is 8.00. The van der Waals surface area contributed by atoms with Crippen molar-refractivity contribution in [2.24, 2.45) is 0 Å². The molecular weight excluding hydrogens is 442 g/mol. The molecule has 0 N–H and O–H groups in total. The van der Waals surface area contributed by atoms with Gasteiger partial charge in [0, 0.05) is 24.4 Å². The molecule has 0 atom stereocenters. The minimum absolute atomic E-state index is 0.0299. The minimum atomic E-state index is -0.0665. The van der Waals surface area contributed by atoms with Crippen LogP contribution in [0.2, 0.25) is 0 Å². The molecule has 2 aliphatic rings. The molecule has 1 amide bonds. The Balaban J connectivity index is 1.44. The molecule has 6 nitrogen and oxygen atoms in total. The van der Waals surface area contributed by atoms with Gasteiger partial charge in [-0.05, 0) is 49.2 Å². The van der Waals surface area contributed by atoms with Crippen molar-refractivity contribution in [3.63, 3.8) is 0 Å². The van der Waals surface area contributed by atoms with E-state index in [0.29, 0.717) is 23.2 Å². The lowest BCUT2D eigenvalue weighted by molar-refractivity contribution is -0.116. The molecule has 164 valence electrons. The van der Waals surface area contributed by atoms with Crippen LogP contribution in [0.3, 0.4) is 0 Å². The third kappa shape index (κ3) is 3.93. The number of para-hydroxylation sites is 1. The first-order valence-electron chi connectivity index (χ1n) is 10.7. The van der Waals surface area contributed by atoms with E-state index in [2.05, 4.69) is 6.07 Å². The normalized spacial score (nSPS) is 14.3. The molecule has 0 unspecified atom stereocenters. The first-order chi connectivity index (χ1) is 15.7. The van der Waals surface area contributed by atoms with E-state index in [1.54, 1.807) is 16.3 Å². The van der Waals surface area contributed by atoms with E-state index in [9.17, 15) is 9.59 Å². The largest absolute Gasteiger partial charge is 0.494 e. The maximum absolute atomic E-state index is 13.3. The number of hydrogen-bond acceptors (Lipinski definition) is 6. The van der Waals surface area contributed by atoms with Crippen molar-refractivity contribution in [1.29, 1.82) is 0 Å². The number of nitrogens with zero attached hydrogens (tertiary/aromatic N) is 3. The zero-order chi connectivity index (χ0) is 22.1. The third-order valence-electron chi connectivity index (χ3n) is 5.59. The van der Waals surface area contributed by atoms with Gasteiger partial charge in [0.25, 0.3) is 5.56 Å². The van der Waals surface area contributed by atoms with Gasteiger partial charge in [-0.3, -0.25) is 14.2 Å². The molecule has 8 heteroatoms. The Morgan fingerprint density at radius 3 is 2.78 bits per heavy atom. The smallest absolute Gasteiger partial charge is 0.272 e. The van der Waals surface area contributed by atoms with E-state index >= 15 is 0 Å². The van der Waals surface area contributed by atoms with Crippen LogP contribution >= 0.6 is 23.5 Å². The van der Waals surface area contributed by atoms with Crippen LogP contribution < -0.4 is 15.2 Å². The van der Waals surface area contributed by atoms with Crippen molar-refractivity contribution < 1.29 is 9.53 Å². The maximum Gasteiger partial charge on any atom is 0.272 e. The molecule has 1 aromatic heterocycles. The molecule has 3 aromatic rings. The summed E-state index contributed by atoms with van der Waals surface area (Å²) in [5, 5.41) is 0.557. The van der Waals surface area contributed by atoms with E-state index < -0.39 is 0 Å². The number of fused-ring (bicyclic) bond motifs is 2. The van der Waals surface area contributed by atoms with Gasteiger partial charge < -0.3 is 9.64 Å². The first-order valence-corrected chi connectivity index (χ1v) is 12.7. The van der Waals surface area contributed by atoms with E-state index in [4.69, 9.17) is 9.72 Å². The number of benzene rings is 2. The van der Waals surface area contributed by atoms with E-state index in [1.807, 2.05) is 54.3 Å². The second-order valence-corrected chi connectivity index (χ2v) is 9.60. The van der Waals surface area contributed by atoms with Gasteiger partial charge in [-0.25, -0.2) is 4.98 Å². The van der Waals surface area contributed by atoms with Crippen molar-refractivity contribution in [3.05, 3.63) is 70.1 Å². The molecule has 3 heterocycles. The maximum atomic E-state index is 13.3. The van der Waals surface area contributed by atoms with Crippen LogP contribution in [0.4, 0.5) is 5.69 Å². The Labute approximate surface area is 195 Å². The van der Waals surface area contributed by atoms with E-state index in [0.717, 1.165) is 41.4 Å². The SMILES string of the molecule is CCOc1ccc(-n2c(SCC(=O)N3CCc4ccccc43)nc3c(c2=O)SCC3)cc1. The Morgan fingerprint density at radius 2 is 1.97 bits per heavy atom. The van der Waals surface area contributed by atoms with Gasteiger partial charge in [0.1, 0.15) is 5.75 Å². The number of rotatable bonds is 6. The summed E-state index contributed by atoms with van der Waals surface area (Å²) >= 11 is 2.88. The molecule has 2 aliphatic heterocycles. The summed E-state index contributed by atoms with van der Waals surface area (Å²) in [6.45, 7) is 3.21. The molecule has 0 radical (unpaired) electrons. The van der Waals surface area contributed by atoms with Crippen molar-refractivity contribution >= 4 is 35.1 Å². The standard InChI is InChI=1S/C24H23N3O3S2/c1-2-30-18-9-7-17(8-10-18)27-23(29)22-19(12-14-31-22)25-24(27)32-15-21(28)26-13-11-16-5-3-4-6-20(16)26/h3-10H,2,11-15H2,1H3. The van der Waals surface area contributed by atoms with Gasteiger partial charge in [-0.15, -0.1) is 11.8 Å². The number of carbonyl (C=O) groups is 1. The predicted molar refractivity (Wildman–Crippen MR) is 129 cm³/mol. The van der Waals surface area contributed by atoms with Gasteiger partial charge in [0.05, 0.1) is 28.6 Å². The summed E-state index contributed by atoms with van der Waals surface area (Å²) in [5.41, 5.74) is 3.68. The second-order valence-electron chi connectivity index (χ2n) is 7.55. The lowest BCUT2D eigenvalue weighted by atomic mass is 10.2. The van der Waals surface area contributed by atoms with Crippen LogP contribution in [0.15, 0.2) is 63.4 Å². The molecule has 0 saturated heterocycles. The summed E-state index contributed by atoms with van der Waals surface area (Å²) < 4.78 is 7.16. The first kappa shape index (κ1) is 21.2.